The van der Waals surface area contributed by atoms with Crippen LogP contribution in [0, 0.1) is 12.8 Å². The molecule has 1 fully saturated rings. The minimum absolute atomic E-state index is 0.186. The molecule has 0 spiro atoms. The summed E-state index contributed by atoms with van der Waals surface area (Å²) < 4.78 is 7.03. The van der Waals surface area contributed by atoms with Gasteiger partial charge in [0.15, 0.2) is 0 Å². The molecule has 5 heteroatoms. The lowest BCUT2D eigenvalue weighted by Crippen LogP contribution is -2.27. The Kier molecular flexibility index (Phi) is 3.38. The molecule has 0 aromatic carbocycles. The van der Waals surface area contributed by atoms with Crippen LogP contribution in [-0.4, -0.2) is 21.9 Å². The molecule has 1 saturated heterocycles. The van der Waals surface area contributed by atoms with E-state index in [0.29, 0.717) is 12.1 Å². The van der Waals surface area contributed by atoms with Crippen molar-refractivity contribution in [2.24, 2.45) is 5.92 Å². The monoisotopic (exact) mass is 236 g/mol. The highest BCUT2D eigenvalue weighted by atomic mass is 16.5. The van der Waals surface area contributed by atoms with Gasteiger partial charge in [-0.2, -0.15) is 4.98 Å². The van der Waals surface area contributed by atoms with E-state index in [4.69, 9.17) is 4.74 Å². The van der Waals surface area contributed by atoms with Crippen molar-refractivity contribution >= 4 is 6.29 Å². The fourth-order valence-electron chi connectivity index (χ4n) is 2.18. The summed E-state index contributed by atoms with van der Waals surface area (Å²) in [4.78, 5) is 26.4. The lowest BCUT2D eigenvalue weighted by Gasteiger charge is -2.12. The summed E-state index contributed by atoms with van der Waals surface area (Å²) in [6, 6.07) is 1.76. The lowest BCUT2D eigenvalue weighted by atomic mass is 9.99. The van der Waals surface area contributed by atoms with Crippen LogP contribution in [0.2, 0.25) is 0 Å². The molecule has 3 unspecified atom stereocenters. The number of carbonyl (C=O) groups is 1. The van der Waals surface area contributed by atoms with Crippen LogP contribution in [0.4, 0.5) is 0 Å². The molecule has 0 N–H and O–H groups in total. The first-order chi connectivity index (χ1) is 8.15. The highest BCUT2D eigenvalue weighted by molar-refractivity contribution is 5.57. The molecule has 3 atom stereocenters. The Balaban J connectivity index is 2.25. The van der Waals surface area contributed by atoms with Gasteiger partial charge in [0.05, 0.1) is 0 Å². The minimum atomic E-state index is -0.404. The zero-order chi connectivity index (χ0) is 12.4. The summed E-state index contributed by atoms with van der Waals surface area (Å²) >= 11 is 0. The van der Waals surface area contributed by atoms with E-state index < -0.39 is 6.10 Å². The summed E-state index contributed by atoms with van der Waals surface area (Å²) in [6.07, 6.45) is 3.28. The van der Waals surface area contributed by atoms with Crippen molar-refractivity contribution in [2.75, 3.05) is 0 Å². The van der Waals surface area contributed by atoms with E-state index in [9.17, 15) is 9.59 Å². The molecule has 1 aromatic rings. The van der Waals surface area contributed by atoms with Crippen LogP contribution in [0.5, 0.6) is 0 Å². The molecule has 5 nitrogen and oxygen atoms in total. The van der Waals surface area contributed by atoms with Gasteiger partial charge in [-0.25, -0.2) is 4.79 Å². The van der Waals surface area contributed by atoms with E-state index in [-0.39, 0.29) is 17.8 Å². The molecule has 2 heterocycles. The van der Waals surface area contributed by atoms with E-state index in [0.717, 1.165) is 12.7 Å². The number of aryl methyl sites for hydroxylation is 1. The number of aromatic nitrogens is 2. The van der Waals surface area contributed by atoms with Crippen molar-refractivity contribution in [2.45, 2.75) is 39.0 Å². The lowest BCUT2D eigenvalue weighted by molar-refractivity contribution is -0.121. The van der Waals surface area contributed by atoms with E-state index in [1.54, 1.807) is 19.2 Å². The fraction of sp³-hybridized carbons (Fsp3) is 0.583. The second-order valence-electron chi connectivity index (χ2n) is 4.35. The maximum atomic E-state index is 11.7. The molecule has 1 aliphatic rings. The van der Waals surface area contributed by atoms with Crippen LogP contribution < -0.4 is 5.69 Å². The van der Waals surface area contributed by atoms with E-state index in [1.165, 1.54) is 4.57 Å². The second-order valence-corrected chi connectivity index (χ2v) is 4.35. The number of aldehydes is 1. The maximum Gasteiger partial charge on any atom is 0.349 e. The Morgan fingerprint density at radius 1 is 1.65 bits per heavy atom. The number of hydrogen-bond donors (Lipinski definition) is 0. The van der Waals surface area contributed by atoms with E-state index >= 15 is 0 Å². The summed E-state index contributed by atoms with van der Waals surface area (Å²) in [6.45, 7) is 3.79. The van der Waals surface area contributed by atoms with Crippen molar-refractivity contribution < 1.29 is 9.53 Å². The third-order valence-electron chi connectivity index (χ3n) is 3.22. The van der Waals surface area contributed by atoms with Crippen molar-refractivity contribution in [3.05, 3.63) is 28.4 Å². The smallest absolute Gasteiger partial charge is 0.347 e. The summed E-state index contributed by atoms with van der Waals surface area (Å²) in [7, 11) is 0. The van der Waals surface area contributed by atoms with E-state index in [2.05, 4.69) is 4.98 Å². The topological polar surface area (TPSA) is 61.2 Å². The molecule has 1 aromatic heterocycles. The molecular weight excluding hydrogens is 220 g/mol. The molecule has 92 valence electrons. The van der Waals surface area contributed by atoms with Crippen molar-refractivity contribution in [1.29, 1.82) is 0 Å². The second kappa shape index (κ2) is 4.79. The SMILES string of the molecule is CCC1CC(n2ccc(C)nc2=O)OC1C=O. The first-order valence-electron chi connectivity index (χ1n) is 5.82. The number of hydrogen-bond acceptors (Lipinski definition) is 4. The predicted molar refractivity (Wildman–Crippen MR) is 61.6 cm³/mol. The molecule has 0 aliphatic carbocycles. The molecule has 0 amide bonds. The predicted octanol–water partition coefficient (Wildman–Crippen LogP) is 1.06. The van der Waals surface area contributed by atoms with Gasteiger partial charge >= 0.3 is 5.69 Å². The van der Waals surface area contributed by atoms with Crippen LogP contribution in [0.15, 0.2) is 17.1 Å². The van der Waals surface area contributed by atoms with Crippen LogP contribution >= 0.6 is 0 Å². The first kappa shape index (κ1) is 12.0. The first-order valence-corrected chi connectivity index (χ1v) is 5.82. The molecule has 17 heavy (non-hydrogen) atoms. The summed E-state index contributed by atoms with van der Waals surface area (Å²) in [5.74, 6) is 0.186. The fourth-order valence-corrected chi connectivity index (χ4v) is 2.18. The van der Waals surface area contributed by atoms with Crippen molar-refractivity contribution in [3.8, 4) is 0 Å². The third-order valence-corrected chi connectivity index (χ3v) is 3.22. The van der Waals surface area contributed by atoms with Gasteiger partial charge in [-0.3, -0.25) is 4.57 Å². The van der Waals surface area contributed by atoms with Crippen LogP contribution in [-0.2, 0) is 9.53 Å². The summed E-state index contributed by atoms with van der Waals surface area (Å²) in [5.41, 5.74) is 0.361. The molecular formula is C12H16N2O3. The third kappa shape index (κ3) is 2.29. The largest absolute Gasteiger partial charge is 0.349 e. The average Bonchev–Trinajstić information content (AvgIpc) is 2.72. The Bertz CT molecular complexity index is 469. The maximum absolute atomic E-state index is 11.7. The average molecular weight is 236 g/mol. The minimum Gasteiger partial charge on any atom is -0.347 e. The van der Waals surface area contributed by atoms with Crippen LogP contribution in [0.1, 0.15) is 31.7 Å². The van der Waals surface area contributed by atoms with Crippen molar-refractivity contribution in [3.63, 3.8) is 0 Å². The Morgan fingerprint density at radius 2 is 2.41 bits per heavy atom. The highest BCUT2D eigenvalue weighted by Crippen LogP contribution is 2.33. The number of carbonyl (C=O) groups excluding carboxylic acids is 1. The van der Waals surface area contributed by atoms with Gasteiger partial charge < -0.3 is 9.53 Å². The van der Waals surface area contributed by atoms with Gasteiger partial charge in [-0.15, -0.1) is 0 Å². The van der Waals surface area contributed by atoms with Gasteiger partial charge in [0.25, 0.3) is 0 Å². The van der Waals surface area contributed by atoms with Gasteiger partial charge in [-0.1, -0.05) is 13.3 Å². The number of ether oxygens (including phenoxy) is 1. The van der Waals surface area contributed by atoms with Gasteiger partial charge in [0, 0.05) is 11.9 Å². The number of nitrogens with zero attached hydrogens (tertiary/aromatic N) is 2. The van der Waals surface area contributed by atoms with Gasteiger partial charge in [0.2, 0.25) is 0 Å². The van der Waals surface area contributed by atoms with Gasteiger partial charge in [0.1, 0.15) is 18.6 Å². The van der Waals surface area contributed by atoms with E-state index in [1.807, 2.05) is 6.92 Å². The molecule has 0 radical (unpaired) electrons. The Morgan fingerprint density at radius 3 is 2.94 bits per heavy atom. The molecule has 2 rings (SSSR count). The number of rotatable bonds is 3. The van der Waals surface area contributed by atoms with Crippen LogP contribution in [0.25, 0.3) is 0 Å². The van der Waals surface area contributed by atoms with Crippen molar-refractivity contribution in [1.82, 2.24) is 9.55 Å². The summed E-state index contributed by atoms with van der Waals surface area (Å²) in [5, 5.41) is 0. The Hall–Kier alpha value is -1.49. The highest BCUT2D eigenvalue weighted by Gasteiger charge is 2.35. The molecule has 1 aliphatic heterocycles. The van der Waals surface area contributed by atoms with Crippen LogP contribution in [0.3, 0.4) is 0 Å². The molecule has 0 saturated carbocycles. The zero-order valence-corrected chi connectivity index (χ0v) is 10.00. The normalized spacial score (nSPS) is 28.2. The van der Waals surface area contributed by atoms with Gasteiger partial charge in [-0.05, 0) is 25.3 Å². The quantitative estimate of drug-likeness (QED) is 0.736. The molecule has 0 bridgehead atoms. The standard InChI is InChI=1S/C12H16N2O3/c1-3-9-6-11(17-10(9)7-15)14-5-4-8(2)13-12(14)16/h4-5,7,9-11H,3,6H2,1-2H3. The zero-order valence-electron chi connectivity index (χ0n) is 10.00. The Labute approximate surface area is 99.4 Å².